The predicted octanol–water partition coefficient (Wildman–Crippen LogP) is 2.35. The minimum Gasteiger partial charge on any atom is -0.360 e. The van der Waals surface area contributed by atoms with Crippen molar-refractivity contribution >= 4 is 17.6 Å². The average molecular weight is 317 g/mol. The Labute approximate surface area is 132 Å². The molecule has 120 valence electrons. The summed E-state index contributed by atoms with van der Waals surface area (Å²) in [6.07, 6.45) is 1.23. The fourth-order valence-corrected chi connectivity index (χ4v) is 2.52. The monoisotopic (exact) mass is 317 g/mol. The lowest BCUT2D eigenvalue weighted by Gasteiger charge is -2.25. The van der Waals surface area contributed by atoms with Crippen LogP contribution in [0.1, 0.15) is 29.0 Å². The number of hydrogen-bond acceptors (Lipinski definition) is 4. The van der Waals surface area contributed by atoms with Crippen LogP contribution in [0.25, 0.3) is 0 Å². The van der Waals surface area contributed by atoms with Gasteiger partial charge in [0.2, 0.25) is 5.91 Å². The molecular formula is C16H16FN3O3. The topological polar surface area (TPSA) is 66.7 Å². The first-order valence-electron chi connectivity index (χ1n) is 7.33. The van der Waals surface area contributed by atoms with Gasteiger partial charge >= 0.3 is 0 Å². The van der Waals surface area contributed by atoms with Crippen LogP contribution in [0.3, 0.4) is 0 Å². The minimum atomic E-state index is -0.496. The van der Waals surface area contributed by atoms with Crippen LogP contribution in [0.4, 0.5) is 10.2 Å². The Morgan fingerprint density at radius 1 is 1.43 bits per heavy atom. The lowest BCUT2D eigenvalue weighted by atomic mass is 10.2. The summed E-state index contributed by atoms with van der Waals surface area (Å²) < 4.78 is 18.4. The van der Waals surface area contributed by atoms with Gasteiger partial charge in [0.15, 0.2) is 5.82 Å². The largest absolute Gasteiger partial charge is 0.360 e. The summed E-state index contributed by atoms with van der Waals surface area (Å²) in [6, 6.07) is 7.03. The molecule has 1 aromatic carbocycles. The van der Waals surface area contributed by atoms with Gasteiger partial charge in [0.05, 0.1) is 0 Å². The van der Waals surface area contributed by atoms with Gasteiger partial charge in [-0.2, -0.15) is 0 Å². The molecule has 1 aromatic heterocycles. The zero-order valence-electron chi connectivity index (χ0n) is 12.7. The Hall–Kier alpha value is -2.70. The lowest BCUT2D eigenvalue weighted by molar-refractivity contribution is -0.127. The molecule has 6 nitrogen and oxygen atoms in total. The fourth-order valence-electron chi connectivity index (χ4n) is 2.52. The molecule has 0 N–H and O–H groups in total. The van der Waals surface area contributed by atoms with Crippen LogP contribution >= 0.6 is 0 Å². The number of carbonyl (C=O) groups is 2. The maximum Gasteiger partial charge on any atom is 0.261 e. The molecular weight excluding hydrogens is 301 g/mol. The summed E-state index contributed by atoms with van der Waals surface area (Å²) in [5.74, 6) is -0.0922. The standard InChI is InChI=1S/C16H16FN3O3/c1-11-8-14(18-23-11)20(10-19-7-3-6-15(19)21)16(22)12-4-2-5-13(17)9-12/h2,4-5,8-9H,3,6-7,10H2,1H3. The van der Waals surface area contributed by atoms with Crippen molar-refractivity contribution in [1.82, 2.24) is 10.1 Å². The number of likely N-dealkylation sites (tertiary alicyclic amines) is 1. The van der Waals surface area contributed by atoms with Gasteiger partial charge in [-0.1, -0.05) is 11.2 Å². The maximum absolute atomic E-state index is 13.4. The highest BCUT2D eigenvalue weighted by molar-refractivity contribution is 6.05. The highest BCUT2D eigenvalue weighted by Crippen LogP contribution is 2.20. The van der Waals surface area contributed by atoms with E-state index in [0.717, 1.165) is 12.5 Å². The fraction of sp³-hybridized carbons (Fsp3) is 0.312. The van der Waals surface area contributed by atoms with E-state index < -0.39 is 11.7 Å². The highest BCUT2D eigenvalue weighted by Gasteiger charge is 2.28. The second-order valence-electron chi connectivity index (χ2n) is 5.44. The van der Waals surface area contributed by atoms with Crippen molar-refractivity contribution in [2.45, 2.75) is 19.8 Å². The Morgan fingerprint density at radius 2 is 2.26 bits per heavy atom. The van der Waals surface area contributed by atoms with Crippen LogP contribution < -0.4 is 4.90 Å². The number of anilines is 1. The van der Waals surface area contributed by atoms with Crippen LogP contribution in [-0.4, -0.2) is 35.1 Å². The Balaban J connectivity index is 1.91. The maximum atomic E-state index is 13.4. The molecule has 0 atom stereocenters. The molecule has 0 radical (unpaired) electrons. The van der Waals surface area contributed by atoms with Crippen LogP contribution in [0, 0.1) is 12.7 Å². The molecule has 0 saturated carbocycles. The second-order valence-corrected chi connectivity index (χ2v) is 5.44. The summed E-state index contributed by atoms with van der Waals surface area (Å²) in [6.45, 7) is 2.37. The van der Waals surface area contributed by atoms with Crippen molar-refractivity contribution in [1.29, 1.82) is 0 Å². The van der Waals surface area contributed by atoms with E-state index in [9.17, 15) is 14.0 Å². The minimum absolute atomic E-state index is 0.0118. The summed E-state index contributed by atoms with van der Waals surface area (Å²) in [5.41, 5.74) is 0.192. The van der Waals surface area contributed by atoms with E-state index in [4.69, 9.17) is 4.52 Å². The Bertz CT molecular complexity index is 744. The molecule has 1 saturated heterocycles. The average Bonchev–Trinajstić information content (AvgIpc) is 3.13. The molecule has 2 heterocycles. The third kappa shape index (κ3) is 3.23. The number of carbonyl (C=O) groups excluding carboxylic acids is 2. The Kier molecular flexibility index (Phi) is 4.10. The number of halogens is 1. The van der Waals surface area contributed by atoms with Crippen molar-refractivity contribution in [3.05, 3.63) is 47.5 Å². The second kappa shape index (κ2) is 6.20. The van der Waals surface area contributed by atoms with E-state index in [-0.39, 0.29) is 18.1 Å². The summed E-state index contributed by atoms with van der Waals surface area (Å²) in [7, 11) is 0. The van der Waals surface area contributed by atoms with Gasteiger partial charge in [-0.3, -0.25) is 14.5 Å². The number of aryl methyl sites for hydroxylation is 1. The number of rotatable bonds is 4. The first kappa shape index (κ1) is 15.2. The van der Waals surface area contributed by atoms with Crippen molar-refractivity contribution in [2.75, 3.05) is 18.1 Å². The molecule has 2 amide bonds. The summed E-state index contributed by atoms with van der Waals surface area (Å²) in [5, 5.41) is 3.85. The molecule has 3 rings (SSSR count). The van der Waals surface area contributed by atoms with E-state index in [1.54, 1.807) is 17.9 Å². The van der Waals surface area contributed by atoms with E-state index in [1.165, 1.54) is 23.1 Å². The molecule has 0 aliphatic carbocycles. The normalized spacial score (nSPS) is 14.3. The zero-order chi connectivity index (χ0) is 16.4. The Morgan fingerprint density at radius 3 is 2.87 bits per heavy atom. The van der Waals surface area contributed by atoms with Gasteiger partial charge in [-0.15, -0.1) is 0 Å². The third-order valence-electron chi connectivity index (χ3n) is 3.69. The molecule has 1 aliphatic heterocycles. The molecule has 7 heteroatoms. The van der Waals surface area contributed by atoms with Gasteiger partial charge in [-0.25, -0.2) is 4.39 Å². The molecule has 1 fully saturated rings. The SMILES string of the molecule is Cc1cc(N(CN2CCCC2=O)C(=O)c2cccc(F)c2)no1. The van der Waals surface area contributed by atoms with Gasteiger partial charge in [0.25, 0.3) is 5.91 Å². The first-order valence-corrected chi connectivity index (χ1v) is 7.33. The molecule has 0 bridgehead atoms. The van der Waals surface area contributed by atoms with E-state index in [2.05, 4.69) is 5.16 Å². The summed E-state index contributed by atoms with van der Waals surface area (Å²) >= 11 is 0. The summed E-state index contributed by atoms with van der Waals surface area (Å²) in [4.78, 5) is 27.5. The molecule has 0 unspecified atom stereocenters. The van der Waals surface area contributed by atoms with Crippen LogP contribution in [-0.2, 0) is 4.79 Å². The zero-order valence-corrected chi connectivity index (χ0v) is 12.7. The van der Waals surface area contributed by atoms with Gasteiger partial charge in [0.1, 0.15) is 18.2 Å². The number of nitrogens with zero attached hydrogens (tertiary/aromatic N) is 3. The first-order chi connectivity index (χ1) is 11.0. The van der Waals surface area contributed by atoms with Crippen molar-refractivity contribution in [2.24, 2.45) is 0 Å². The van der Waals surface area contributed by atoms with Gasteiger partial charge in [0, 0.05) is 24.6 Å². The van der Waals surface area contributed by atoms with E-state index in [1.807, 2.05) is 0 Å². The molecule has 2 aromatic rings. The number of amides is 2. The quantitative estimate of drug-likeness (QED) is 0.868. The number of benzene rings is 1. The van der Waals surface area contributed by atoms with E-state index >= 15 is 0 Å². The van der Waals surface area contributed by atoms with Crippen LogP contribution in [0.5, 0.6) is 0 Å². The highest BCUT2D eigenvalue weighted by atomic mass is 19.1. The smallest absolute Gasteiger partial charge is 0.261 e. The van der Waals surface area contributed by atoms with Gasteiger partial charge < -0.3 is 9.42 Å². The van der Waals surface area contributed by atoms with Crippen molar-refractivity contribution < 1.29 is 18.5 Å². The molecule has 23 heavy (non-hydrogen) atoms. The molecule has 0 spiro atoms. The van der Waals surface area contributed by atoms with E-state index in [0.29, 0.717) is 24.5 Å². The molecule has 1 aliphatic rings. The van der Waals surface area contributed by atoms with Crippen LogP contribution in [0.2, 0.25) is 0 Å². The number of aromatic nitrogens is 1. The van der Waals surface area contributed by atoms with Crippen LogP contribution in [0.15, 0.2) is 34.9 Å². The third-order valence-corrected chi connectivity index (χ3v) is 3.69. The van der Waals surface area contributed by atoms with Gasteiger partial charge in [-0.05, 0) is 31.5 Å². The van der Waals surface area contributed by atoms with Crippen molar-refractivity contribution in [3.8, 4) is 0 Å². The predicted molar refractivity (Wildman–Crippen MR) is 80.3 cm³/mol. The van der Waals surface area contributed by atoms with Crippen molar-refractivity contribution in [3.63, 3.8) is 0 Å². The lowest BCUT2D eigenvalue weighted by Crippen LogP contribution is -2.42. The number of hydrogen-bond donors (Lipinski definition) is 0.